The minimum Gasteiger partial charge on any atom is -0.397 e. The lowest BCUT2D eigenvalue weighted by atomic mass is 10.3. The average molecular weight is 196 g/mol. The Labute approximate surface area is 81.3 Å². The summed E-state index contributed by atoms with van der Waals surface area (Å²) >= 11 is 1.34. The second kappa shape index (κ2) is 4.09. The Morgan fingerprint density at radius 3 is 2.92 bits per heavy atom. The highest BCUT2D eigenvalue weighted by Crippen LogP contribution is 2.18. The van der Waals surface area contributed by atoms with E-state index in [0.29, 0.717) is 17.1 Å². The second-order valence-corrected chi connectivity index (χ2v) is 3.76. The van der Waals surface area contributed by atoms with Gasteiger partial charge in [-0.3, -0.25) is 4.79 Å². The molecule has 0 spiro atoms. The van der Waals surface area contributed by atoms with Gasteiger partial charge in [-0.05, 0) is 18.4 Å². The molecule has 0 saturated carbocycles. The first-order chi connectivity index (χ1) is 6.11. The molecule has 0 aliphatic heterocycles. The van der Waals surface area contributed by atoms with Gasteiger partial charge in [0.2, 0.25) is 0 Å². The number of nitrogens with one attached hydrogen (secondary N) is 1. The van der Waals surface area contributed by atoms with Gasteiger partial charge in [0.25, 0.3) is 5.91 Å². The SMILES string of the molecule is C=C(C)CNC(=O)c1sccc1N. The van der Waals surface area contributed by atoms with E-state index in [9.17, 15) is 4.79 Å². The Balaban J connectivity index is 2.59. The molecule has 0 fully saturated rings. The molecule has 0 atom stereocenters. The molecule has 0 aromatic carbocycles. The van der Waals surface area contributed by atoms with Crippen LogP contribution in [0.3, 0.4) is 0 Å². The number of amides is 1. The first-order valence-corrected chi connectivity index (χ1v) is 4.74. The van der Waals surface area contributed by atoms with Crippen LogP contribution >= 0.6 is 11.3 Å². The van der Waals surface area contributed by atoms with E-state index in [1.165, 1.54) is 11.3 Å². The Bertz CT molecular complexity index is 330. The minimum atomic E-state index is -0.129. The summed E-state index contributed by atoms with van der Waals surface area (Å²) in [5.74, 6) is -0.129. The normalized spacial score (nSPS) is 9.62. The summed E-state index contributed by atoms with van der Waals surface area (Å²) in [5, 5.41) is 4.51. The van der Waals surface area contributed by atoms with E-state index >= 15 is 0 Å². The first-order valence-electron chi connectivity index (χ1n) is 3.87. The van der Waals surface area contributed by atoms with Gasteiger partial charge in [-0.2, -0.15) is 0 Å². The Kier molecular flexibility index (Phi) is 3.08. The Morgan fingerprint density at radius 1 is 1.77 bits per heavy atom. The number of carbonyl (C=O) groups is 1. The van der Waals surface area contributed by atoms with Gasteiger partial charge in [-0.1, -0.05) is 12.2 Å². The molecule has 0 unspecified atom stereocenters. The quantitative estimate of drug-likeness (QED) is 0.722. The van der Waals surface area contributed by atoms with E-state index in [1.54, 1.807) is 11.4 Å². The molecule has 70 valence electrons. The molecule has 1 aromatic heterocycles. The van der Waals surface area contributed by atoms with Gasteiger partial charge < -0.3 is 11.1 Å². The van der Waals surface area contributed by atoms with Crippen LogP contribution in [0.15, 0.2) is 23.6 Å². The molecule has 4 heteroatoms. The van der Waals surface area contributed by atoms with Crippen LogP contribution in [0.4, 0.5) is 5.69 Å². The summed E-state index contributed by atoms with van der Waals surface area (Å²) in [6, 6.07) is 1.72. The van der Waals surface area contributed by atoms with Gasteiger partial charge in [0.1, 0.15) is 4.88 Å². The van der Waals surface area contributed by atoms with E-state index < -0.39 is 0 Å². The number of rotatable bonds is 3. The van der Waals surface area contributed by atoms with Crippen molar-refractivity contribution in [1.29, 1.82) is 0 Å². The molecule has 0 saturated heterocycles. The molecule has 1 heterocycles. The number of hydrogen-bond acceptors (Lipinski definition) is 3. The molecule has 13 heavy (non-hydrogen) atoms. The van der Waals surface area contributed by atoms with Gasteiger partial charge in [-0.25, -0.2) is 0 Å². The fourth-order valence-electron chi connectivity index (χ4n) is 0.815. The zero-order chi connectivity index (χ0) is 9.84. The van der Waals surface area contributed by atoms with Gasteiger partial charge in [0.15, 0.2) is 0 Å². The molecule has 3 N–H and O–H groups in total. The summed E-state index contributed by atoms with van der Waals surface area (Å²) in [6.07, 6.45) is 0. The highest BCUT2D eigenvalue weighted by molar-refractivity contribution is 7.12. The summed E-state index contributed by atoms with van der Waals surface area (Å²) in [7, 11) is 0. The van der Waals surface area contributed by atoms with E-state index in [4.69, 9.17) is 5.73 Å². The lowest BCUT2D eigenvalue weighted by molar-refractivity contribution is 0.0962. The zero-order valence-corrected chi connectivity index (χ0v) is 8.28. The molecular formula is C9H12N2OS. The molecule has 0 radical (unpaired) electrons. The molecule has 3 nitrogen and oxygen atoms in total. The maximum atomic E-state index is 11.4. The highest BCUT2D eigenvalue weighted by Gasteiger charge is 2.09. The van der Waals surface area contributed by atoms with E-state index in [2.05, 4.69) is 11.9 Å². The minimum absolute atomic E-state index is 0.129. The third-order valence-corrected chi connectivity index (χ3v) is 2.38. The molecule has 0 aliphatic carbocycles. The standard InChI is InChI=1S/C9H12N2OS/c1-6(2)5-11-9(12)8-7(10)3-4-13-8/h3-4H,1,5,10H2,2H3,(H,11,12). The number of anilines is 1. The average Bonchev–Trinajstić information content (AvgIpc) is 2.47. The molecule has 1 amide bonds. The molecule has 1 rings (SSSR count). The number of carbonyl (C=O) groups excluding carboxylic acids is 1. The summed E-state index contributed by atoms with van der Waals surface area (Å²) < 4.78 is 0. The van der Waals surface area contributed by atoms with Crippen LogP contribution in [0.2, 0.25) is 0 Å². The van der Waals surface area contributed by atoms with Crippen molar-refractivity contribution in [3.05, 3.63) is 28.5 Å². The van der Waals surface area contributed by atoms with Gasteiger partial charge in [-0.15, -0.1) is 11.3 Å². The molecule has 1 aromatic rings. The number of thiophene rings is 1. The van der Waals surface area contributed by atoms with E-state index in [0.717, 1.165) is 5.57 Å². The maximum Gasteiger partial charge on any atom is 0.263 e. The molecular weight excluding hydrogens is 184 g/mol. The third-order valence-electron chi connectivity index (χ3n) is 1.45. The first kappa shape index (κ1) is 9.80. The van der Waals surface area contributed by atoms with Crippen molar-refractivity contribution >= 4 is 22.9 Å². The van der Waals surface area contributed by atoms with Crippen LogP contribution in [0.5, 0.6) is 0 Å². The van der Waals surface area contributed by atoms with Crippen molar-refractivity contribution in [2.75, 3.05) is 12.3 Å². The van der Waals surface area contributed by atoms with Gasteiger partial charge in [0.05, 0.1) is 5.69 Å². The van der Waals surface area contributed by atoms with Crippen molar-refractivity contribution in [2.24, 2.45) is 0 Å². The zero-order valence-electron chi connectivity index (χ0n) is 7.46. The fraction of sp³-hybridized carbons (Fsp3) is 0.222. The third kappa shape index (κ3) is 2.59. The second-order valence-electron chi connectivity index (χ2n) is 2.84. The van der Waals surface area contributed by atoms with Crippen LogP contribution < -0.4 is 11.1 Å². The summed E-state index contributed by atoms with van der Waals surface area (Å²) in [5.41, 5.74) is 7.03. The summed E-state index contributed by atoms with van der Waals surface area (Å²) in [6.45, 7) is 6.04. The highest BCUT2D eigenvalue weighted by atomic mass is 32.1. The van der Waals surface area contributed by atoms with E-state index in [-0.39, 0.29) is 5.91 Å². The fourth-order valence-corrected chi connectivity index (χ4v) is 1.55. The van der Waals surface area contributed by atoms with Crippen LogP contribution in [0.25, 0.3) is 0 Å². The predicted molar refractivity (Wildman–Crippen MR) is 55.9 cm³/mol. The lowest BCUT2D eigenvalue weighted by Crippen LogP contribution is -2.24. The van der Waals surface area contributed by atoms with Crippen molar-refractivity contribution in [3.63, 3.8) is 0 Å². The predicted octanol–water partition coefficient (Wildman–Crippen LogP) is 1.64. The van der Waals surface area contributed by atoms with Gasteiger partial charge in [0, 0.05) is 6.54 Å². The van der Waals surface area contributed by atoms with Gasteiger partial charge >= 0.3 is 0 Å². The molecule has 0 bridgehead atoms. The maximum absolute atomic E-state index is 11.4. The van der Waals surface area contributed by atoms with Crippen LogP contribution in [-0.4, -0.2) is 12.5 Å². The lowest BCUT2D eigenvalue weighted by Gasteiger charge is -2.02. The van der Waals surface area contributed by atoms with E-state index in [1.807, 2.05) is 6.92 Å². The van der Waals surface area contributed by atoms with Crippen molar-refractivity contribution in [2.45, 2.75) is 6.92 Å². The topological polar surface area (TPSA) is 55.1 Å². The molecule has 0 aliphatic rings. The smallest absolute Gasteiger partial charge is 0.263 e. The van der Waals surface area contributed by atoms with Crippen LogP contribution in [-0.2, 0) is 0 Å². The summed E-state index contributed by atoms with van der Waals surface area (Å²) in [4.78, 5) is 12.0. The van der Waals surface area contributed by atoms with Crippen LogP contribution in [0.1, 0.15) is 16.6 Å². The van der Waals surface area contributed by atoms with Crippen molar-refractivity contribution in [3.8, 4) is 0 Å². The Hall–Kier alpha value is -1.29. The van der Waals surface area contributed by atoms with Crippen LogP contribution in [0, 0.1) is 0 Å². The van der Waals surface area contributed by atoms with Crippen molar-refractivity contribution < 1.29 is 4.79 Å². The Morgan fingerprint density at radius 2 is 2.46 bits per heavy atom. The number of hydrogen-bond donors (Lipinski definition) is 2. The monoisotopic (exact) mass is 196 g/mol. The van der Waals surface area contributed by atoms with Crippen molar-refractivity contribution in [1.82, 2.24) is 5.32 Å². The largest absolute Gasteiger partial charge is 0.397 e. The number of nitrogens with two attached hydrogens (primary N) is 1. The number of nitrogen functional groups attached to an aromatic ring is 1.